The lowest BCUT2D eigenvalue weighted by Gasteiger charge is -2.17. The number of rotatable bonds is 8. The second-order valence-corrected chi connectivity index (χ2v) is 6.38. The van der Waals surface area contributed by atoms with Crippen molar-refractivity contribution in [1.82, 2.24) is 10.3 Å². The molecule has 0 spiro atoms. The number of nitrogens with zero attached hydrogens (tertiary/aromatic N) is 4. The van der Waals surface area contributed by atoms with Gasteiger partial charge in [0.2, 0.25) is 5.91 Å². The molecule has 0 atom stereocenters. The van der Waals surface area contributed by atoms with Crippen LogP contribution in [0.25, 0.3) is 0 Å². The van der Waals surface area contributed by atoms with Gasteiger partial charge in [0.25, 0.3) is 0 Å². The van der Waals surface area contributed by atoms with Crippen LogP contribution in [0.2, 0.25) is 0 Å². The van der Waals surface area contributed by atoms with Crippen LogP contribution in [0.1, 0.15) is 44.1 Å². The Balaban J connectivity index is 1.43. The van der Waals surface area contributed by atoms with Gasteiger partial charge in [0.05, 0.1) is 0 Å². The normalized spacial score (nSPS) is 17.5. The molecule has 1 amide bonds. The molecule has 6 heteroatoms. The van der Waals surface area contributed by atoms with E-state index in [1.54, 1.807) is 0 Å². The quantitative estimate of drug-likeness (QED) is 0.747. The smallest absolute Gasteiger partial charge is 0.220 e. The van der Waals surface area contributed by atoms with Gasteiger partial charge in [-0.15, -0.1) is 12.3 Å². The highest BCUT2D eigenvalue weighted by atomic mass is 16.1. The van der Waals surface area contributed by atoms with Crippen LogP contribution in [-0.2, 0) is 11.3 Å². The van der Waals surface area contributed by atoms with E-state index in [2.05, 4.69) is 37.4 Å². The molecule has 24 heavy (non-hydrogen) atoms. The Morgan fingerprint density at radius 1 is 1.33 bits per heavy atom. The summed E-state index contributed by atoms with van der Waals surface area (Å²) >= 11 is 0. The first-order chi connectivity index (χ1) is 11.7. The molecule has 3 heterocycles. The molecule has 2 aliphatic rings. The molecule has 0 radical (unpaired) electrons. The molecular weight excluding hydrogens is 302 g/mol. The molecular formula is C18H23N5O. The second kappa shape index (κ2) is 7.43. The number of anilines is 1. The Kier molecular flexibility index (Phi) is 5.09. The molecule has 0 saturated carbocycles. The van der Waals surface area contributed by atoms with Crippen molar-refractivity contribution >= 4 is 11.7 Å². The number of aromatic nitrogens is 1. The Morgan fingerprint density at radius 3 is 2.83 bits per heavy atom. The monoisotopic (exact) mass is 325 g/mol. The minimum atomic E-state index is -0.386. The maximum absolute atomic E-state index is 12.0. The first kappa shape index (κ1) is 16.4. The van der Waals surface area contributed by atoms with E-state index in [4.69, 9.17) is 6.42 Å². The van der Waals surface area contributed by atoms with E-state index >= 15 is 0 Å². The van der Waals surface area contributed by atoms with Gasteiger partial charge < -0.3 is 10.2 Å². The summed E-state index contributed by atoms with van der Waals surface area (Å²) in [6.07, 6.45) is 12.0. The second-order valence-electron chi connectivity index (χ2n) is 6.38. The zero-order chi connectivity index (χ0) is 16.8. The zero-order valence-electron chi connectivity index (χ0n) is 13.9. The van der Waals surface area contributed by atoms with Gasteiger partial charge in [0.15, 0.2) is 5.66 Å². The molecule has 0 unspecified atom stereocenters. The number of amides is 1. The van der Waals surface area contributed by atoms with Gasteiger partial charge in [-0.25, -0.2) is 4.98 Å². The van der Waals surface area contributed by atoms with Gasteiger partial charge >= 0.3 is 0 Å². The highest BCUT2D eigenvalue weighted by Gasteiger charge is 2.39. The van der Waals surface area contributed by atoms with E-state index in [-0.39, 0.29) is 11.6 Å². The van der Waals surface area contributed by atoms with Gasteiger partial charge in [-0.2, -0.15) is 10.2 Å². The summed E-state index contributed by atoms with van der Waals surface area (Å²) in [5.74, 6) is 3.62. The first-order valence-electron chi connectivity index (χ1n) is 8.55. The largest absolute Gasteiger partial charge is 0.357 e. The third kappa shape index (κ3) is 4.31. The van der Waals surface area contributed by atoms with E-state index < -0.39 is 0 Å². The van der Waals surface area contributed by atoms with Crippen molar-refractivity contribution in [2.24, 2.45) is 10.2 Å². The maximum Gasteiger partial charge on any atom is 0.220 e. The van der Waals surface area contributed by atoms with Crippen LogP contribution < -0.4 is 10.2 Å². The van der Waals surface area contributed by atoms with E-state index in [1.807, 2.05) is 12.3 Å². The van der Waals surface area contributed by atoms with Crippen molar-refractivity contribution in [3.05, 3.63) is 23.9 Å². The number of nitrogens with one attached hydrogen (secondary N) is 1. The van der Waals surface area contributed by atoms with Gasteiger partial charge in [-0.1, -0.05) is 0 Å². The number of pyridine rings is 1. The van der Waals surface area contributed by atoms with Crippen LogP contribution in [0.5, 0.6) is 0 Å². The van der Waals surface area contributed by atoms with Gasteiger partial charge in [-0.05, 0) is 30.5 Å². The van der Waals surface area contributed by atoms with Gasteiger partial charge in [0.1, 0.15) is 5.82 Å². The third-order valence-electron chi connectivity index (χ3n) is 4.53. The number of hydrogen-bond donors (Lipinski definition) is 1. The molecule has 2 aliphatic heterocycles. The summed E-state index contributed by atoms with van der Waals surface area (Å²) < 4.78 is 0. The number of hydrogen-bond acceptors (Lipinski definition) is 5. The standard InChI is InChI=1S/C18H23N5O/c1-2-3-8-18(21-22-18)9-6-17(24)20-14-15-7-10-19-16(13-15)23-11-4-5-12-23/h1,7,10,13H,3-6,8-9,11-12,14H2,(H,20,24). The van der Waals surface area contributed by atoms with E-state index in [1.165, 1.54) is 12.8 Å². The van der Waals surface area contributed by atoms with Crippen molar-refractivity contribution in [2.45, 2.75) is 50.7 Å². The predicted molar refractivity (Wildman–Crippen MR) is 92.4 cm³/mol. The molecule has 0 aliphatic carbocycles. The maximum atomic E-state index is 12.0. The van der Waals surface area contributed by atoms with Crippen LogP contribution in [0.4, 0.5) is 5.82 Å². The van der Waals surface area contributed by atoms with Crippen molar-refractivity contribution in [1.29, 1.82) is 0 Å². The summed E-state index contributed by atoms with van der Waals surface area (Å²) in [6.45, 7) is 2.65. The van der Waals surface area contributed by atoms with Crippen molar-refractivity contribution < 1.29 is 4.79 Å². The van der Waals surface area contributed by atoms with Crippen LogP contribution in [0, 0.1) is 12.3 Å². The van der Waals surface area contributed by atoms with E-state index in [0.29, 0.717) is 25.8 Å². The zero-order valence-corrected chi connectivity index (χ0v) is 13.9. The molecule has 0 bridgehead atoms. The lowest BCUT2D eigenvalue weighted by Crippen LogP contribution is -2.25. The summed E-state index contributed by atoms with van der Waals surface area (Å²) in [4.78, 5) is 18.8. The molecule has 1 aromatic heterocycles. The molecule has 3 rings (SSSR count). The fraction of sp³-hybridized carbons (Fsp3) is 0.556. The van der Waals surface area contributed by atoms with Crippen LogP contribution >= 0.6 is 0 Å². The number of carbonyl (C=O) groups is 1. The van der Waals surface area contributed by atoms with Crippen molar-refractivity contribution in [2.75, 3.05) is 18.0 Å². The lowest BCUT2D eigenvalue weighted by atomic mass is 10.0. The van der Waals surface area contributed by atoms with Crippen molar-refractivity contribution in [3.63, 3.8) is 0 Å². The van der Waals surface area contributed by atoms with Gasteiger partial charge in [0, 0.05) is 51.5 Å². The highest BCUT2D eigenvalue weighted by molar-refractivity contribution is 5.76. The van der Waals surface area contributed by atoms with Crippen LogP contribution in [-0.4, -0.2) is 29.6 Å². The molecule has 126 valence electrons. The Hall–Kier alpha value is -2.42. The topological polar surface area (TPSA) is 70.0 Å². The van der Waals surface area contributed by atoms with Crippen LogP contribution in [0.15, 0.2) is 28.6 Å². The summed E-state index contributed by atoms with van der Waals surface area (Å²) in [6, 6.07) is 4.01. The fourth-order valence-corrected chi connectivity index (χ4v) is 2.96. The Bertz CT molecular complexity index is 652. The molecule has 1 aromatic rings. The summed E-state index contributed by atoms with van der Waals surface area (Å²) in [5.41, 5.74) is 0.687. The highest BCUT2D eigenvalue weighted by Crippen LogP contribution is 2.37. The molecule has 1 saturated heterocycles. The fourth-order valence-electron chi connectivity index (χ4n) is 2.96. The number of carbonyl (C=O) groups excluding carboxylic acids is 1. The van der Waals surface area contributed by atoms with E-state index in [0.717, 1.165) is 30.9 Å². The lowest BCUT2D eigenvalue weighted by molar-refractivity contribution is -0.121. The summed E-state index contributed by atoms with van der Waals surface area (Å²) in [5, 5.41) is 11.1. The Labute approximate surface area is 142 Å². The average molecular weight is 325 g/mol. The Morgan fingerprint density at radius 2 is 2.12 bits per heavy atom. The minimum Gasteiger partial charge on any atom is -0.357 e. The molecule has 6 nitrogen and oxygen atoms in total. The molecule has 0 aromatic carbocycles. The summed E-state index contributed by atoms with van der Waals surface area (Å²) in [7, 11) is 0. The third-order valence-corrected chi connectivity index (χ3v) is 4.53. The SMILES string of the molecule is C#CCCC1(CCC(=O)NCc2ccnc(N3CCCC3)c2)N=N1. The molecule has 1 fully saturated rings. The number of terminal acetylenes is 1. The average Bonchev–Trinajstić information content (AvgIpc) is 3.16. The van der Waals surface area contributed by atoms with Gasteiger partial charge in [-0.3, -0.25) is 4.79 Å². The van der Waals surface area contributed by atoms with E-state index in [9.17, 15) is 4.79 Å². The predicted octanol–water partition coefficient (Wildman–Crippen LogP) is 2.65. The molecule has 1 N–H and O–H groups in total. The first-order valence-corrected chi connectivity index (χ1v) is 8.55. The van der Waals surface area contributed by atoms with Crippen LogP contribution in [0.3, 0.4) is 0 Å². The van der Waals surface area contributed by atoms with Crippen molar-refractivity contribution in [3.8, 4) is 12.3 Å². The minimum absolute atomic E-state index is 0.0203.